The highest BCUT2D eigenvalue weighted by Gasteiger charge is 2.53. The Hall–Kier alpha value is -3.43. The lowest BCUT2D eigenvalue weighted by molar-refractivity contribution is -0.108. The zero-order chi connectivity index (χ0) is 47.6. The van der Waals surface area contributed by atoms with Crippen LogP contribution in [0.2, 0.25) is 28.2 Å². The summed E-state index contributed by atoms with van der Waals surface area (Å²) in [4.78, 5) is 4.72. The van der Waals surface area contributed by atoms with Crippen molar-refractivity contribution in [3.63, 3.8) is 0 Å². The Morgan fingerprint density at radius 2 is 1.20 bits per heavy atom. The molecule has 1 aromatic heterocycles. The molecule has 4 aromatic carbocycles. The monoisotopic (exact) mass is 965 g/mol. The fraction of sp³-hybridized carbons (Fsp3) is 0.473. The van der Waals surface area contributed by atoms with Gasteiger partial charge in [-0.1, -0.05) is 196 Å². The number of rotatable bonds is 22. The van der Waals surface area contributed by atoms with Gasteiger partial charge in [-0.3, -0.25) is 0 Å². The van der Waals surface area contributed by atoms with Gasteiger partial charge in [0.15, 0.2) is 8.32 Å². The minimum absolute atomic E-state index is 0.170. The van der Waals surface area contributed by atoms with Crippen molar-refractivity contribution in [1.29, 1.82) is 0 Å². The van der Waals surface area contributed by atoms with Crippen molar-refractivity contribution in [2.45, 2.75) is 159 Å². The summed E-state index contributed by atoms with van der Waals surface area (Å²) >= 11 is 6.17. The van der Waals surface area contributed by atoms with Crippen molar-refractivity contribution < 1.29 is 27.5 Å². The second-order valence-corrected chi connectivity index (χ2v) is 34.0. The lowest BCUT2D eigenvalue weighted by Crippen LogP contribution is -2.68. The van der Waals surface area contributed by atoms with Crippen LogP contribution in [0.1, 0.15) is 112 Å². The second-order valence-electron chi connectivity index (χ2n) is 20.4. The molecule has 0 unspecified atom stereocenters. The van der Waals surface area contributed by atoms with E-state index in [0.29, 0.717) is 50.3 Å². The van der Waals surface area contributed by atoms with Crippen LogP contribution in [0.25, 0.3) is 0 Å². The van der Waals surface area contributed by atoms with Gasteiger partial charge < -0.3 is 27.5 Å². The molecule has 7 nitrogen and oxygen atoms in total. The van der Waals surface area contributed by atoms with E-state index in [0.717, 1.165) is 23.7 Å². The topological polar surface area (TPSA) is 83.2 Å². The summed E-state index contributed by atoms with van der Waals surface area (Å²) in [6.07, 6.45) is 2.52. The number of oxazole rings is 1. The van der Waals surface area contributed by atoms with Gasteiger partial charge in [0.25, 0.3) is 16.6 Å². The number of hydrogen-bond donors (Lipinski definition) is 1. The molecule has 6 rings (SSSR count). The van der Waals surface area contributed by atoms with Gasteiger partial charge in [0, 0.05) is 6.42 Å². The van der Waals surface area contributed by atoms with Crippen LogP contribution in [0.4, 0.5) is 0 Å². The Kier molecular flexibility index (Phi) is 17.9. The maximum Gasteiger partial charge on any atom is 0.261 e. The maximum atomic E-state index is 12.0. The summed E-state index contributed by atoms with van der Waals surface area (Å²) in [6, 6.07) is 46.2. The Balaban J connectivity index is 1.26. The van der Waals surface area contributed by atoms with Gasteiger partial charge in [0.05, 0.1) is 36.9 Å². The fourth-order valence-electron chi connectivity index (χ4n) is 10.5. The molecule has 0 bridgehead atoms. The average Bonchev–Trinajstić information content (AvgIpc) is 3.80. The van der Waals surface area contributed by atoms with E-state index >= 15 is 0 Å². The van der Waals surface area contributed by atoms with Crippen LogP contribution in [0.5, 0.6) is 0 Å². The van der Waals surface area contributed by atoms with Crippen molar-refractivity contribution in [1.82, 2.24) is 4.98 Å². The third-order valence-electron chi connectivity index (χ3n) is 14.0. The first-order chi connectivity index (χ1) is 31.5. The average molecular weight is 967 g/mol. The number of aliphatic hydroxyl groups excluding tert-OH is 1. The van der Waals surface area contributed by atoms with Gasteiger partial charge in [-0.25, -0.2) is 4.98 Å². The first-order valence-electron chi connectivity index (χ1n) is 24.2. The fourth-order valence-corrected chi connectivity index (χ4v) is 22.8. The molecule has 1 fully saturated rings. The first kappa shape index (κ1) is 52.0. The lowest BCUT2D eigenvalue weighted by atomic mass is 9.93. The number of benzene rings is 4. The van der Waals surface area contributed by atoms with Gasteiger partial charge in [-0.2, -0.15) is 0 Å². The summed E-state index contributed by atoms with van der Waals surface area (Å²) in [5.41, 5.74) is 1.64. The van der Waals surface area contributed by atoms with Gasteiger partial charge in [-0.15, -0.1) is 11.6 Å². The van der Waals surface area contributed by atoms with Gasteiger partial charge in [0.2, 0.25) is 5.89 Å². The lowest BCUT2D eigenvalue weighted by Gasteiger charge is -2.47. The molecule has 1 N–H and O–H groups in total. The Morgan fingerprint density at radius 1 is 0.727 bits per heavy atom. The quantitative estimate of drug-likeness (QED) is 0.0420. The van der Waals surface area contributed by atoms with Crippen LogP contribution < -0.4 is 20.7 Å². The van der Waals surface area contributed by atoms with E-state index in [9.17, 15) is 5.11 Å². The number of alkyl halides is 1. The molecule has 1 saturated heterocycles. The zero-order valence-electron chi connectivity index (χ0n) is 41.1. The highest BCUT2D eigenvalue weighted by molar-refractivity contribution is 7.00. The summed E-state index contributed by atoms with van der Waals surface area (Å²) in [7, 11) is -7.82. The van der Waals surface area contributed by atoms with Crippen LogP contribution >= 0.6 is 11.6 Å². The van der Waals surface area contributed by atoms with Crippen LogP contribution in [-0.4, -0.2) is 66.1 Å². The molecular weight excluding hydrogens is 890 g/mol. The summed E-state index contributed by atoms with van der Waals surface area (Å²) in [5, 5.41) is 16.6. The Morgan fingerprint density at radius 3 is 1.62 bits per heavy atom. The van der Waals surface area contributed by atoms with Crippen molar-refractivity contribution in [2.24, 2.45) is 0 Å². The molecule has 1 aliphatic heterocycles. The molecule has 11 heteroatoms. The summed E-state index contributed by atoms with van der Waals surface area (Å²) < 4.78 is 35.2. The van der Waals surface area contributed by atoms with E-state index in [-0.39, 0.29) is 34.3 Å². The van der Waals surface area contributed by atoms with E-state index in [1.165, 1.54) is 20.7 Å². The van der Waals surface area contributed by atoms with E-state index in [1.807, 2.05) is 0 Å². The summed E-state index contributed by atoms with van der Waals surface area (Å²) in [6.45, 7) is 25.7. The SMILES string of the molecule is C=C(C[C@@H](O)C[C@@H]1C[C@@H](O[Si](c2ccccc2)(c2ccccc2)C(C)(C)C)C[C@H](c2coc(CCl)n2)O1)C[C@H](CO[Si](c1ccccc1)(c1ccccc1)C(C)(C)C)O[Si](CC)(CC)CC. The van der Waals surface area contributed by atoms with E-state index < -0.39 is 37.2 Å². The largest absolute Gasteiger partial charge is 0.447 e. The molecule has 356 valence electrons. The highest BCUT2D eigenvalue weighted by Crippen LogP contribution is 2.43. The zero-order valence-corrected chi connectivity index (χ0v) is 44.9. The number of aliphatic hydroxyl groups is 1. The molecule has 2 heterocycles. The van der Waals surface area contributed by atoms with Crippen molar-refractivity contribution in [2.75, 3.05) is 6.61 Å². The van der Waals surface area contributed by atoms with Crippen LogP contribution in [0.15, 0.2) is 144 Å². The molecule has 0 radical (unpaired) electrons. The molecule has 0 aliphatic carbocycles. The predicted octanol–water partition coefficient (Wildman–Crippen LogP) is 11.6. The standard InChI is InChI=1S/C55H76ClNO6Si3/c1-11-64(12-2,13-3)62-46(40-60-65(54(5,6)7,47-26-18-14-19-27-47)48-28-20-15-21-29-48)35-42(4)34-43(58)36-44-37-45(38-52(61-44)51-41-59-53(39-56)57-51)63-66(55(8,9)10,49-30-22-16-23-31-49)50-32-24-17-25-33-50/h14-33,41,43-46,52,58H,4,11-13,34-40H2,1-3,5-10H3/t43-,44-,45-,46-,52-/m1/s1. The van der Waals surface area contributed by atoms with Gasteiger partial charge in [-0.05, 0) is 74.6 Å². The molecule has 0 amide bonds. The number of halogens is 1. The van der Waals surface area contributed by atoms with Crippen LogP contribution in [-0.2, 0) is 23.9 Å². The van der Waals surface area contributed by atoms with E-state index in [1.54, 1.807) is 6.26 Å². The van der Waals surface area contributed by atoms with Crippen LogP contribution in [0, 0.1) is 0 Å². The predicted molar refractivity (Wildman–Crippen MR) is 280 cm³/mol. The minimum atomic E-state index is -2.91. The van der Waals surface area contributed by atoms with Gasteiger partial charge in [0.1, 0.15) is 18.1 Å². The molecule has 1 aliphatic rings. The third-order valence-corrected chi connectivity index (χ3v) is 29.0. The minimum Gasteiger partial charge on any atom is -0.447 e. The second kappa shape index (κ2) is 22.8. The molecule has 5 atom stereocenters. The molecule has 0 saturated carbocycles. The number of aromatic nitrogens is 1. The van der Waals surface area contributed by atoms with Crippen molar-refractivity contribution >= 4 is 57.3 Å². The maximum absolute atomic E-state index is 12.0. The Labute approximate surface area is 404 Å². The van der Waals surface area contributed by atoms with Crippen LogP contribution in [0.3, 0.4) is 0 Å². The number of hydrogen-bond acceptors (Lipinski definition) is 7. The van der Waals surface area contributed by atoms with E-state index in [4.69, 9.17) is 39.0 Å². The number of nitrogens with zero attached hydrogens (tertiary/aromatic N) is 1. The van der Waals surface area contributed by atoms with Crippen molar-refractivity contribution in [3.8, 4) is 0 Å². The Bertz CT molecular complexity index is 2140. The highest BCUT2D eigenvalue weighted by atomic mass is 35.5. The summed E-state index contributed by atoms with van der Waals surface area (Å²) in [5.74, 6) is 0.625. The molecule has 5 aromatic rings. The normalized spacial score (nSPS) is 18.5. The van der Waals surface area contributed by atoms with Gasteiger partial charge >= 0.3 is 0 Å². The van der Waals surface area contributed by atoms with E-state index in [2.05, 4.69) is 190 Å². The molecule has 0 spiro atoms. The first-order valence-corrected chi connectivity index (χ1v) is 31.1. The smallest absolute Gasteiger partial charge is 0.261 e. The molecule has 66 heavy (non-hydrogen) atoms. The van der Waals surface area contributed by atoms with Crippen molar-refractivity contribution in [3.05, 3.63) is 151 Å². The number of ether oxygens (including phenoxy) is 1. The molecular formula is C55H76ClNO6Si3. The third kappa shape index (κ3) is 11.9.